The van der Waals surface area contributed by atoms with Gasteiger partial charge in [0.15, 0.2) is 0 Å². The van der Waals surface area contributed by atoms with Crippen molar-refractivity contribution in [2.45, 2.75) is 6.04 Å². The average molecular weight is 269 g/mol. The summed E-state index contributed by atoms with van der Waals surface area (Å²) in [6.07, 6.45) is 0. The van der Waals surface area contributed by atoms with E-state index in [0.29, 0.717) is 0 Å². The van der Waals surface area contributed by atoms with E-state index in [4.69, 9.17) is 10.5 Å². The van der Waals surface area contributed by atoms with Crippen molar-refractivity contribution >= 4 is 22.1 Å². The van der Waals surface area contributed by atoms with Crippen molar-refractivity contribution in [2.75, 3.05) is 7.11 Å². The predicted octanol–water partition coefficient (Wildman–Crippen LogP) is 3.96. The summed E-state index contributed by atoms with van der Waals surface area (Å²) in [6, 6.07) is 14.2. The highest BCUT2D eigenvalue weighted by Gasteiger charge is 2.14. The van der Waals surface area contributed by atoms with Crippen LogP contribution in [0.1, 0.15) is 17.2 Å². The van der Waals surface area contributed by atoms with Gasteiger partial charge >= 0.3 is 0 Å². The lowest BCUT2D eigenvalue weighted by Crippen LogP contribution is -2.11. The first-order valence-electron chi connectivity index (χ1n) is 6.14. The van der Waals surface area contributed by atoms with Gasteiger partial charge in [-0.05, 0) is 39.4 Å². The van der Waals surface area contributed by atoms with Gasteiger partial charge < -0.3 is 10.5 Å². The van der Waals surface area contributed by atoms with E-state index in [0.717, 1.165) is 27.6 Å². The molecule has 0 aliphatic carbocycles. The molecule has 96 valence electrons. The van der Waals surface area contributed by atoms with E-state index in [1.165, 1.54) is 0 Å². The van der Waals surface area contributed by atoms with Crippen molar-refractivity contribution in [2.24, 2.45) is 5.73 Å². The number of thiophene rings is 1. The van der Waals surface area contributed by atoms with Gasteiger partial charge in [0, 0.05) is 5.39 Å². The molecule has 1 atom stereocenters. The highest BCUT2D eigenvalue weighted by molar-refractivity contribution is 7.08. The van der Waals surface area contributed by atoms with Crippen LogP contribution in [0.3, 0.4) is 0 Å². The molecule has 0 radical (unpaired) electrons. The Morgan fingerprint density at radius 3 is 2.53 bits per heavy atom. The highest BCUT2D eigenvalue weighted by Crippen LogP contribution is 2.33. The van der Waals surface area contributed by atoms with Crippen LogP contribution in [0.25, 0.3) is 10.8 Å². The van der Waals surface area contributed by atoms with Crippen molar-refractivity contribution < 1.29 is 4.74 Å². The topological polar surface area (TPSA) is 35.2 Å². The van der Waals surface area contributed by atoms with Gasteiger partial charge in [-0.15, -0.1) is 0 Å². The predicted molar refractivity (Wildman–Crippen MR) is 80.8 cm³/mol. The van der Waals surface area contributed by atoms with Gasteiger partial charge in [-0.2, -0.15) is 11.3 Å². The fourth-order valence-electron chi connectivity index (χ4n) is 2.38. The van der Waals surface area contributed by atoms with Crippen molar-refractivity contribution in [3.05, 3.63) is 64.4 Å². The van der Waals surface area contributed by atoms with E-state index < -0.39 is 0 Å². The molecule has 0 aliphatic heterocycles. The molecule has 2 nitrogen and oxygen atoms in total. The molecular formula is C16H15NOS. The Balaban J connectivity index is 2.20. The maximum atomic E-state index is 6.38. The second-order valence-corrected chi connectivity index (χ2v) is 5.22. The number of rotatable bonds is 3. The van der Waals surface area contributed by atoms with Crippen molar-refractivity contribution in [1.29, 1.82) is 0 Å². The first kappa shape index (κ1) is 12.2. The molecule has 0 amide bonds. The molecule has 0 aliphatic rings. The molecule has 2 aromatic carbocycles. The summed E-state index contributed by atoms with van der Waals surface area (Å²) in [5.74, 6) is 0.886. The fraction of sp³-hybridized carbons (Fsp3) is 0.125. The van der Waals surface area contributed by atoms with E-state index in [1.54, 1.807) is 18.4 Å². The van der Waals surface area contributed by atoms with Crippen molar-refractivity contribution in [1.82, 2.24) is 0 Å². The fourth-order valence-corrected chi connectivity index (χ4v) is 3.07. The van der Waals surface area contributed by atoms with Crippen LogP contribution in [0.4, 0.5) is 0 Å². The number of methoxy groups -OCH3 is 1. The molecule has 3 rings (SSSR count). The van der Waals surface area contributed by atoms with Crippen molar-refractivity contribution in [3.63, 3.8) is 0 Å². The Kier molecular flexibility index (Phi) is 3.23. The summed E-state index contributed by atoms with van der Waals surface area (Å²) in [6.45, 7) is 0. The largest absolute Gasteiger partial charge is 0.496 e. The zero-order valence-corrected chi connectivity index (χ0v) is 11.5. The van der Waals surface area contributed by atoms with Crippen LogP contribution in [0.15, 0.2) is 53.2 Å². The zero-order valence-electron chi connectivity index (χ0n) is 10.7. The molecule has 0 spiro atoms. The molecule has 0 fully saturated rings. The third kappa shape index (κ3) is 2.11. The Hall–Kier alpha value is -1.84. The zero-order chi connectivity index (χ0) is 13.2. The maximum Gasteiger partial charge on any atom is 0.126 e. The van der Waals surface area contributed by atoms with Gasteiger partial charge in [0.1, 0.15) is 5.75 Å². The summed E-state index contributed by atoms with van der Waals surface area (Å²) in [7, 11) is 1.69. The minimum Gasteiger partial charge on any atom is -0.496 e. The Morgan fingerprint density at radius 2 is 1.84 bits per heavy atom. The summed E-state index contributed by atoms with van der Waals surface area (Å²) in [4.78, 5) is 0. The lowest BCUT2D eigenvalue weighted by Gasteiger charge is -2.15. The minimum atomic E-state index is -0.0953. The monoisotopic (exact) mass is 269 g/mol. The normalized spacial score (nSPS) is 12.5. The van der Waals surface area contributed by atoms with E-state index >= 15 is 0 Å². The highest BCUT2D eigenvalue weighted by atomic mass is 32.1. The molecule has 0 saturated heterocycles. The van der Waals surface area contributed by atoms with Crippen LogP contribution in [0, 0.1) is 0 Å². The number of benzene rings is 2. The van der Waals surface area contributed by atoms with Gasteiger partial charge in [-0.1, -0.05) is 30.3 Å². The van der Waals surface area contributed by atoms with E-state index in [9.17, 15) is 0 Å². The number of ether oxygens (including phenoxy) is 1. The minimum absolute atomic E-state index is 0.0953. The van der Waals surface area contributed by atoms with Crippen molar-refractivity contribution in [3.8, 4) is 5.75 Å². The van der Waals surface area contributed by atoms with E-state index in [1.807, 2.05) is 18.2 Å². The lowest BCUT2D eigenvalue weighted by molar-refractivity contribution is 0.419. The second kappa shape index (κ2) is 5.03. The van der Waals surface area contributed by atoms with Crippen LogP contribution < -0.4 is 10.5 Å². The first-order chi connectivity index (χ1) is 9.31. The van der Waals surface area contributed by atoms with Gasteiger partial charge in [0.2, 0.25) is 0 Å². The Bertz CT molecular complexity index is 691. The quantitative estimate of drug-likeness (QED) is 0.781. The number of fused-ring (bicyclic) bond motifs is 1. The third-order valence-corrected chi connectivity index (χ3v) is 4.08. The number of nitrogens with two attached hydrogens (primary N) is 1. The van der Waals surface area contributed by atoms with Crippen LogP contribution in [-0.2, 0) is 0 Å². The first-order valence-corrected chi connectivity index (χ1v) is 7.09. The van der Waals surface area contributed by atoms with Gasteiger partial charge in [0.25, 0.3) is 0 Å². The molecule has 1 heterocycles. The maximum absolute atomic E-state index is 6.38. The van der Waals surface area contributed by atoms with Crippen LogP contribution in [0.2, 0.25) is 0 Å². The van der Waals surface area contributed by atoms with Crippen LogP contribution in [-0.4, -0.2) is 7.11 Å². The summed E-state index contributed by atoms with van der Waals surface area (Å²) in [5.41, 5.74) is 8.67. The second-order valence-electron chi connectivity index (χ2n) is 4.44. The molecule has 0 bridgehead atoms. The van der Waals surface area contributed by atoms with E-state index in [2.05, 4.69) is 35.0 Å². The smallest absolute Gasteiger partial charge is 0.126 e. The summed E-state index contributed by atoms with van der Waals surface area (Å²) >= 11 is 1.67. The molecular weight excluding hydrogens is 254 g/mol. The average Bonchev–Trinajstić information content (AvgIpc) is 2.99. The molecule has 0 unspecified atom stereocenters. The SMILES string of the molecule is COc1ccc([C@@H](N)c2ccsc2)c2ccccc12. The van der Waals surface area contributed by atoms with Crippen LogP contribution >= 0.6 is 11.3 Å². The number of hydrogen-bond acceptors (Lipinski definition) is 3. The molecule has 1 aromatic heterocycles. The molecule has 3 aromatic rings. The lowest BCUT2D eigenvalue weighted by atomic mass is 9.95. The summed E-state index contributed by atoms with van der Waals surface area (Å²) < 4.78 is 5.41. The number of hydrogen-bond donors (Lipinski definition) is 1. The van der Waals surface area contributed by atoms with Gasteiger partial charge in [-0.25, -0.2) is 0 Å². The standard InChI is InChI=1S/C16H15NOS/c1-18-15-7-6-14(12-4-2-3-5-13(12)15)16(17)11-8-9-19-10-11/h2-10,16H,17H2,1H3/t16-/m0/s1. The molecule has 2 N–H and O–H groups in total. The Labute approximate surface area is 116 Å². The molecule has 3 heteroatoms. The third-order valence-electron chi connectivity index (χ3n) is 3.38. The molecule has 19 heavy (non-hydrogen) atoms. The summed E-state index contributed by atoms with van der Waals surface area (Å²) in [5, 5.41) is 6.42. The van der Waals surface area contributed by atoms with E-state index in [-0.39, 0.29) is 6.04 Å². The molecule has 0 saturated carbocycles. The van der Waals surface area contributed by atoms with Gasteiger partial charge in [-0.3, -0.25) is 0 Å². The Morgan fingerprint density at radius 1 is 1.05 bits per heavy atom. The van der Waals surface area contributed by atoms with Crippen LogP contribution in [0.5, 0.6) is 5.75 Å². The van der Waals surface area contributed by atoms with Gasteiger partial charge in [0.05, 0.1) is 13.2 Å².